The van der Waals surface area contributed by atoms with Crippen LogP contribution in [0.2, 0.25) is 0 Å². The van der Waals surface area contributed by atoms with Gasteiger partial charge in [0.15, 0.2) is 28.8 Å². The second-order valence-electron chi connectivity index (χ2n) is 7.95. The summed E-state index contributed by atoms with van der Waals surface area (Å²) in [7, 11) is 3.14. The first kappa shape index (κ1) is 26.0. The first-order valence-corrected chi connectivity index (χ1v) is 12.5. The molecule has 10 heteroatoms. The van der Waals surface area contributed by atoms with Gasteiger partial charge in [0, 0.05) is 0 Å². The van der Waals surface area contributed by atoms with E-state index in [0.717, 1.165) is 17.0 Å². The number of benzene rings is 2. The minimum absolute atomic E-state index is 0.00431. The van der Waals surface area contributed by atoms with Gasteiger partial charge in [0.1, 0.15) is 18.3 Å². The standard InChI is InChI=1S/C27H28N4O5S/c1-5-7-17-8-10-20(22(15-17)33-3)35-12-13-36-21-11-9-18(16-23(21)34-4)14-19-25(28)31-27(29-26(19)32)37-24(6-2)30-31/h5,8-11,14-16,28H,1,6-7,12-13H2,2-4H3. The minimum Gasteiger partial charge on any atom is -0.493 e. The monoisotopic (exact) mass is 520 g/mol. The van der Waals surface area contributed by atoms with E-state index >= 15 is 0 Å². The van der Waals surface area contributed by atoms with Gasteiger partial charge in [-0.05, 0) is 66.1 Å². The van der Waals surface area contributed by atoms with Crippen molar-refractivity contribution in [2.75, 3.05) is 27.4 Å². The van der Waals surface area contributed by atoms with E-state index in [-0.39, 0.29) is 18.0 Å². The predicted octanol–water partition coefficient (Wildman–Crippen LogP) is 4.92. The fourth-order valence-electron chi connectivity index (χ4n) is 3.66. The SMILES string of the molecule is C=CCc1ccc(OCCOc2ccc(C=C3C(=N)N4N=C(CC)SC4=NC3=O)cc2OC)c(OC)c1. The number of aliphatic imine (C=N–C) groups is 1. The number of ether oxygens (including phenoxy) is 4. The van der Waals surface area contributed by atoms with Crippen LogP contribution in [0, 0.1) is 5.41 Å². The number of amides is 1. The van der Waals surface area contributed by atoms with Crippen LogP contribution in [0.5, 0.6) is 23.0 Å². The Kier molecular flexibility index (Phi) is 8.29. The number of nitrogens with zero attached hydrogens (tertiary/aromatic N) is 3. The highest BCUT2D eigenvalue weighted by Crippen LogP contribution is 2.32. The van der Waals surface area contributed by atoms with E-state index in [9.17, 15) is 4.79 Å². The van der Waals surface area contributed by atoms with E-state index in [1.807, 2.05) is 31.2 Å². The number of allylic oxidation sites excluding steroid dienone is 1. The first-order chi connectivity index (χ1) is 18.0. The molecule has 1 N–H and O–H groups in total. The number of hydrogen-bond donors (Lipinski definition) is 1. The fourth-order valence-corrected chi connectivity index (χ4v) is 4.49. The molecule has 2 heterocycles. The molecule has 0 atom stereocenters. The third-order valence-corrected chi connectivity index (χ3v) is 6.56. The molecule has 4 rings (SSSR count). The lowest BCUT2D eigenvalue weighted by Gasteiger charge is -2.20. The molecule has 37 heavy (non-hydrogen) atoms. The summed E-state index contributed by atoms with van der Waals surface area (Å²) in [5, 5.41) is 15.4. The predicted molar refractivity (Wildman–Crippen MR) is 146 cm³/mol. The van der Waals surface area contributed by atoms with Gasteiger partial charge in [0.05, 0.1) is 19.8 Å². The quantitative estimate of drug-likeness (QED) is 0.255. The summed E-state index contributed by atoms with van der Waals surface area (Å²) in [6.45, 7) is 6.30. The number of rotatable bonds is 11. The largest absolute Gasteiger partial charge is 0.493 e. The zero-order valence-corrected chi connectivity index (χ0v) is 21.8. The van der Waals surface area contributed by atoms with Crippen molar-refractivity contribution in [1.29, 1.82) is 5.41 Å². The fraction of sp³-hybridized carbons (Fsp3) is 0.259. The van der Waals surface area contributed by atoms with E-state index in [1.54, 1.807) is 31.4 Å². The van der Waals surface area contributed by atoms with Crippen molar-refractivity contribution in [3.8, 4) is 23.0 Å². The summed E-state index contributed by atoms with van der Waals surface area (Å²) in [4.78, 5) is 16.7. The maximum absolute atomic E-state index is 12.6. The van der Waals surface area contributed by atoms with Crippen LogP contribution >= 0.6 is 11.8 Å². The number of methoxy groups -OCH3 is 2. The maximum Gasteiger partial charge on any atom is 0.283 e. The molecular weight excluding hydrogens is 492 g/mol. The van der Waals surface area contributed by atoms with Crippen molar-refractivity contribution in [3.05, 3.63) is 65.8 Å². The Bertz CT molecular complexity index is 1320. The molecule has 0 aliphatic carbocycles. The van der Waals surface area contributed by atoms with Crippen LogP contribution in [0.25, 0.3) is 6.08 Å². The van der Waals surface area contributed by atoms with Gasteiger partial charge in [-0.2, -0.15) is 15.1 Å². The van der Waals surface area contributed by atoms with E-state index in [0.29, 0.717) is 46.8 Å². The molecule has 0 spiro atoms. The zero-order valence-electron chi connectivity index (χ0n) is 20.9. The first-order valence-electron chi connectivity index (χ1n) is 11.7. The van der Waals surface area contributed by atoms with Crippen molar-refractivity contribution in [2.24, 2.45) is 10.1 Å². The number of hydrogen-bond acceptors (Lipinski definition) is 8. The van der Waals surface area contributed by atoms with Crippen molar-refractivity contribution in [1.82, 2.24) is 5.01 Å². The lowest BCUT2D eigenvalue weighted by Crippen LogP contribution is -2.35. The number of carbonyl (C=O) groups excluding carboxylic acids is 1. The molecule has 2 aromatic carbocycles. The van der Waals surface area contributed by atoms with E-state index in [2.05, 4.69) is 16.7 Å². The Balaban J connectivity index is 1.41. The third-order valence-electron chi connectivity index (χ3n) is 5.50. The van der Waals surface area contributed by atoms with Crippen molar-refractivity contribution < 1.29 is 23.7 Å². The molecule has 2 aliphatic rings. The third kappa shape index (κ3) is 5.86. The Morgan fingerprint density at radius 1 is 1.03 bits per heavy atom. The highest BCUT2D eigenvalue weighted by Gasteiger charge is 2.35. The average molecular weight is 521 g/mol. The summed E-state index contributed by atoms with van der Waals surface area (Å²) in [5.41, 5.74) is 1.91. The van der Waals surface area contributed by atoms with Gasteiger partial charge in [0.2, 0.25) is 5.17 Å². The van der Waals surface area contributed by atoms with Gasteiger partial charge in [-0.1, -0.05) is 25.1 Å². The minimum atomic E-state index is -0.472. The number of carbonyl (C=O) groups is 1. The van der Waals surface area contributed by atoms with Crippen LogP contribution in [0.3, 0.4) is 0 Å². The van der Waals surface area contributed by atoms with E-state index in [4.69, 9.17) is 24.4 Å². The van der Waals surface area contributed by atoms with Crippen molar-refractivity contribution in [3.63, 3.8) is 0 Å². The van der Waals surface area contributed by atoms with Crippen LogP contribution in [0.15, 0.2) is 64.7 Å². The summed E-state index contributed by atoms with van der Waals surface area (Å²) in [6, 6.07) is 11.0. The lowest BCUT2D eigenvalue weighted by molar-refractivity contribution is -0.114. The Morgan fingerprint density at radius 2 is 1.70 bits per heavy atom. The lowest BCUT2D eigenvalue weighted by atomic mass is 10.1. The van der Waals surface area contributed by atoms with Gasteiger partial charge in [-0.15, -0.1) is 6.58 Å². The van der Waals surface area contributed by atoms with Gasteiger partial charge in [-0.3, -0.25) is 10.2 Å². The van der Waals surface area contributed by atoms with Crippen molar-refractivity contribution in [2.45, 2.75) is 19.8 Å². The van der Waals surface area contributed by atoms with Crippen LogP contribution in [-0.4, -0.2) is 54.4 Å². The Hall–Kier alpha value is -4.05. The maximum atomic E-state index is 12.6. The van der Waals surface area contributed by atoms with Crippen LogP contribution in [0.4, 0.5) is 0 Å². The molecule has 0 radical (unpaired) electrons. The molecule has 0 bridgehead atoms. The number of hydrazone groups is 1. The molecule has 0 fully saturated rings. The number of amidine groups is 2. The Labute approximate surface area is 220 Å². The second-order valence-corrected chi connectivity index (χ2v) is 8.99. The second kappa shape index (κ2) is 11.8. The molecular formula is C27H28N4O5S. The number of nitrogens with one attached hydrogen (secondary N) is 1. The van der Waals surface area contributed by atoms with Crippen LogP contribution < -0.4 is 18.9 Å². The molecule has 0 saturated heterocycles. The molecule has 1 amide bonds. The molecule has 0 unspecified atom stereocenters. The topological polar surface area (TPSA) is 106 Å². The van der Waals surface area contributed by atoms with Gasteiger partial charge >= 0.3 is 0 Å². The number of thioether (sulfide) groups is 1. The van der Waals surface area contributed by atoms with Gasteiger partial charge in [-0.25, -0.2) is 0 Å². The molecule has 9 nitrogen and oxygen atoms in total. The van der Waals surface area contributed by atoms with Gasteiger partial charge < -0.3 is 18.9 Å². The van der Waals surface area contributed by atoms with E-state index in [1.165, 1.54) is 23.9 Å². The van der Waals surface area contributed by atoms with Crippen LogP contribution in [0.1, 0.15) is 24.5 Å². The number of fused-ring (bicyclic) bond motifs is 1. The summed E-state index contributed by atoms with van der Waals surface area (Å²) >= 11 is 1.31. The van der Waals surface area contributed by atoms with Crippen molar-refractivity contribution >= 4 is 39.8 Å². The molecule has 0 aromatic heterocycles. The summed E-state index contributed by atoms with van der Waals surface area (Å²) in [5.74, 6) is 1.82. The summed E-state index contributed by atoms with van der Waals surface area (Å²) in [6.07, 6.45) is 4.90. The highest BCUT2D eigenvalue weighted by atomic mass is 32.2. The van der Waals surface area contributed by atoms with Gasteiger partial charge in [0.25, 0.3) is 5.91 Å². The van der Waals surface area contributed by atoms with E-state index < -0.39 is 5.91 Å². The zero-order chi connectivity index (χ0) is 26.4. The normalized spacial score (nSPS) is 15.8. The Morgan fingerprint density at radius 3 is 2.35 bits per heavy atom. The molecule has 0 saturated carbocycles. The molecule has 192 valence electrons. The smallest absolute Gasteiger partial charge is 0.283 e. The molecule has 2 aliphatic heterocycles. The highest BCUT2D eigenvalue weighted by molar-refractivity contribution is 8.26. The molecule has 2 aromatic rings. The summed E-state index contributed by atoms with van der Waals surface area (Å²) < 4.78 is 22.6. The van der Waals surface area contributed by atoms with Crippen LogP contribution in [-0.2, 0) is 11.2 Å². The average Bonchev–Trinajstić information content (AvgIpc) is 3.33.